The molecule has 0 aliphatic rings. The topological polar surface area (TPSA) is 68.0 Å². The lowest BCUT2D eigenvalue weighted by molar-refractivity contribution is -0.137. The van der Waals surface area contributed by atoms with Crippen molar-refractivity contribution in [1.82, 2.24) is 10.3 Å². The van der Waals surface area contributed by atoms with Crippen molar-refractivity contribution in [2.75, 3.05) is 12.3 Å². The molecule has 0 fully saturated rings. The van der Waals surface area contributed by atoms with Gasteiger partial charge in [0, 0.05) is 25.2 Å². The lowest BCUT2D eigenvalue weighted by Crippen LogP contribution is -2.19. The molecule has 1 amide bonds. The van der Waals surface area contributed by atoms with E-state index in [1.54, 1.807) is 0 Å². The molecule has 18 heavy (non-hydrogen) atoms. The monoisotopic (exact) mass is 259 g/mol. The number of pyridine rings is 1. The van der Waals surface area contributed by atoms with Crippen LogP contribution >= 0.6 is 0 Å². The average molecular weight is 259 g/mol. The number of halogens is 3. The number of nitrogens with one attached hydrogen (secondary N) is 1. The minimum Gasteiger partial charge on any atom is -0.383 e. The van der Waals surface area contributed by atoms with Crippen LogP contribution < -0.4 is 11.1 Å². The minimum atomic E-state index is -4.46. The first-order valence-electron chi connectivity index (χ1n) is 5.04. The van der Waals surface area contributed by atoms with Gasteiger partial charge >= 0.3 is 6.18 Å². The Morgan fingerprint density at radius 2 is 2.22 bits per heavy atom. The lowest BCUT2D eigenvalue weighted by atomic mass is 10.1. The highest BCUT2D eigenvalue weighted by atomic mass is 19.4. The van der Waals surface area contributed by atoms with Crippen molar-refractivity contribution in [2.45, 2.75) is 13.1 Å². The molecule has 0 radical (unpaired) electrons. The molecule has 0 atom stereocenters. The fourth-order valence-electron chi connectivity index (χ4n) is 1.17. The molecule has 4 nitrogen and oxygen atoms in total. The Hall–Kier alpha value is -2.05. The number of carbonyl (C=O) groups excluding carboxylic acids is 1. The largest absolute Gasteiger partial charge is 0.417 e. The van der Waals surface area contributed by atoms with Crippen LogP contribution in [0.15, 0.2) is 18.3 Å². The Kier molecular flexibility index (Phi) is 4.30. The van der Waals surface area contributed by atoms with E-state index in [4.69, 9.17) is 5.73 Å². The maximum absolute atomic E-state index is 12.4. The summed E-state index contributed by atoms with van der Waals surface area (Å²) in [6.45, 7) is 1.55. The lowest BCUT2D eigenvalue weighted by Gasteiger charge is -2.08. The zero-order chi connectivity index (χ0) is 13.8. The smallest absolute Gasteiger partial charge is 0.383 e. The van der Waals surface area contributed by atoms with E-state index >= 15 is 0 Å². The first-order chi connectivity index (χ1) is 8.30. The maximum Gasteiger partial charge on any atom is 0.417 e. The molecule has 1 rings (SSSR count). The molecule has 0 aliphatic carbocycles. The van der Waals surface area contributed by atoms with Crippen molar-refractivity contribution >= 4 is 17.8 Å². The molecule has 0 aliphatic heterocycles. The normalized spacial score (nSPS) is 11.8. The Morgan fingerprint density at radius 3 is 2.78 bits per heavy atom. The van der Waals surface area contributed by atoms with Crippen molar-refractivity contribution < 1.29 is 18.0 Å². The van der Waals surface area contributed by atoms with Gasteiger partial charge in [-0.2, -0.15) is 13.2 Å². The molecule has 1 aromatic heterocycles. The molecule has 98 valence electrons. The SMILES string of the molecule is CC(=O)NCC=Cc1cc(C(F)(F)F)cnc1N. The number of hydrogen-bond acceptors (Lipinski definition) is 3. The van der Waals surface area contributed by atoms with Gasteiger partial charge < -0.3 is 11.1 Å². The summed E-state index contributed by atoms with van der Waals surface area (Å²) < 4.78 is 37.3. The number of carbonyl (C=O) groups is 1. The van der Waals surface area contributed by atoms with Crippen LogP contribution in [-0.2, 0) is 11.0 Å². The number of rotatable bonds is 3. The summed E-state index contributed by atoms with van der Waals surface area (Å²) >= 11 is 0. The second kappa shape index (κ2) is 5.52. The molecular weight excluding hydrogens is 247 g/mol. The van der Waals surface area contributed by atoms with Crippen molar-refractivity contribution in [3.05, 3.63) is 29.5 Å². The van der Waals surface area contributed by atoms with Gasteiger partial charge in [-0.15, -0.1) is 0 Å². The Morgan fingerprint density at radius 1 is 1.56 bits per heavy atom. The van der Waals surface area contributed by atoms with Gasteiger partial charge in [0.25, 0.3) is 0 Å². The molecular formula is C11H12F3N3O. The third kappa shape index (κ3) is 4.08. The summed E-state index contributed by atoms with van der Waals surface area (Å²) in [7, 11) is 0. The Labute approximate surface area is 102 Å². The van der Waals surface area contributed by atoms with Crippen LogP contribution in [0.3, 0.4) is 0 Å². The number of alkyl halides is 3. The fraction of sp³-hybridized carbons (Fsp3) is 0.273. The maximum atomic E-state index is 12.4. The predicted octanol–water partition coefficient (Wildman–Crippen LogP) is 1.83. The highest BCUT2D eigenvalue weighted by Gasteiger charge is 2.31. The Balaban J connectivity index is 2.85. The van der Waals surface area contributed by atoms with E-state index in [1.165, 1.54) is 19.1 Å². The number of nitrogens with two attached hydrogens (primary N) is 1. The number of hydrogen-bond donors (Lipinski definition) is 2. The van der Waals surface area contributed by atoms with Crippen LogP contribution in [-0.4, -0.2) is 17.4 Å². The van der Waals surface area contributed by atoms with E-state index in [0.717, 1.165) is 6.07 Å². The first-order valence-corrected chi connectivity index (χ1v) is 5.04. The summed E-state index contributed by atoms with van der Waals surface area (Å²) in [6, 6.07) is 0.909. The summed E-state index contributed by atoms with van der Waals surface area (Å²) in [5.41, 5.74) is 4.75. The number of nitrogen functional groups attached to an aromatic ring is 1. The van der Waals surface area contributed by atoms with Gasteiger partial charge in [0.2, 0.25) is 5.91 Å². The summed E-state index contributed by atoms with van der Waals surface area (Å²) in [6.07, 6.45) is -0.899. The van der Waals surface area contributed by atoms with Crippen LogP contribution in [0.5, 0.6) is 0 Å². The van der Waals surface area contributed by atoms with Gasteiger partial charge in [-0.1, -0.05) is 12.2 Å². The van der Waals surface area contributed by atoms with E-state index in [-0.39, 0.29) is 23.8 Å². The number of amides is 1. The van der Waals surface area contributed by atoms with Gasteiger partial charge in [-0.3, -0.25) is 4.79 Å². The van der Waals surface area contributed by atoms with E-state index in [9.17, 15) is 18.0 Å². The minimum absolute atomic E-state index is 0.00192. The van der Waals surface area contributed by atoms with Crippen molar-refractivity contribution in [3.8, 4) is 0 Å². The van der Waals surface area contributed by atoms with Crippen LogP contribution in [0.2, 0.25) is 0 Å². The number of aromatic nitrogens is 1. The van der Waals surface area contributed by atoms with Crippen LogP contribution in [0.4, 0.5) is 19.0 Å². The number of nitrogens with zero attached hydrogens (tertiary/aromatic N) is 1. The third-order valence-corrected chi connectivity index (χ3v) is 2.04. The quantitative estimate of drug-likeness (QED) is 0.870. The summed E-state index contributed by atoms with van der Waals surface area (Å²) in [5.74, 6) is -0.225. The van der Waals surface area contributed by atoms with E-state index in [0.29, 0.717) is 6.20 Å². The molecule has 1 aromatic rings. The van der Waals surface area contributed by atoms with Gasteiger partial charge in [-0.25, -0.2) is 4.98 Å². The molecule has 0 saturated carbocycles. The van der Waals surface area contributed by atoms with Crippen molar-refractivity contribution in [1.29, 1.82) is 0 Å². The summed E-state index contributed by atoms with van der Waals surface area (Å²) in [4.78, 5) is 14.1. The molecule has 3 N–H and O–H groups in total. The first kappa shape index (κ1) is 14.0. The molecule has 1 heterocycles. The fourth-order valence-corrected chi connectivity index (χ4v) is 1.17. The molecule has 0 aromatic carbocycles. The molecule has 0 bridgehead atoms. The molecule has 0 unspecified atom stereocenters. The van der Waals surface area contributed by atoms with E-state index < -0.39 is 11.7 Å². The third-order valence-electron chi connectivity index (χ3n) is 2.04. The second-order valence-electron chi connectivity index (χ2n) is 3.54. The van der Waals surface area contributed by atoms with Gasteiger partial charge in [0.05, 0.1) is 5.56 Å². The summed E-state index contributed by atoms with van der Waals surface area (Å²) in [5, 5.41) is 2.47. The van der Waals surface area contributed by atoms with Crippen molar-refractivity contribution in [2.24, 2.45) is 0 Å². The average Bonchev–Trinajstić information content (AvgIpc) is 2.24. The highest BCUT2D eigenvalue weighted by Crippen LogP contribution is 2.30. The van der Waals surface area contributed by atoms with Gasteiger partial charge in [0.1, 0.15) is 5.82 Å². The van der Waals surface area contributed by atoms with Crippen LogP contribution in [0.1, 0.15) is 18.1 Å². The zero-order valence-electron chi connectivity index (χ0n) is 9.58. The number of anilines is 1. The second-order valence-corrected chi connectivity index (χ2v) is 3.54. The van der Waals surface area contributed by atoms with E-state index in [2.05, 4.69) is 10.3 Å². The molecule has 7 heteroatoms. The predicted molar refractivity (Wildman–Crippen MR) is 61.4 cm³/mol. The molecule has 0 spiro atoms. The van der Waals surface area contributed by atoms with Crippen molar-refractivity contribution in [3.63, 3.8) is 0 Å². The van der Waals surface area contributed by atoms with E-state index in [1.807, 2.05) is 0 Å². The van der Waals surface area contributed by atoms with Crippen LogP contribution in [0, 0.1) is 0 Å². The standard InChI is InChI=1S/C11H12F3N3O/c1-7(18)16-4-2-3-8-5-9(11(12,13)14)6-17-10(8)15/h2-3,5-6H,4H2,1H3,(H2,15,17)(H,16,18). The van der Waals surface area contributed by atoms with Crippen LogP contribution in [0.25, 0.3) is 6.08 Å². The molecule has 0 saturated heterocycles. The Bertz CT molecular complexity index is 469. The highest BCUT2D eigenvalue weighted by molar-refractivity contribution is 5.73. The van der Waals surface area contributed by atoms with Gasteiger partial charge in [-0.05, 0) is 6.07 Å². The van der Waals surface area contributed by atoms with Gasteiger partial charge in [0.15, 0.2) is 0 Å². The zero-order valence-corrected chi connectivity index (χ0v) is 9.58.